The number of cyclic esters (lactones) is 1. The Morgan fingerprint density at radius 3 is 2.77 bits per heavy atom. The first-order chi connectivity index (χ1) is 12.3. The van der Waals surface area contributed by atoms with Crippen LogP contribution in [0, 0.1) is 17.3 Å². The van der Waals surface area contributed by atoms with Gasteiger partial charge in [0.2, 0.25) is 0 Å². The molecule has 2 saturated carbocycles. The fraction of sp³-hybridized carbons (Fsp3) is 0.850. The molecule has 0 aromatic heterocycles. The van der Waals surface area contributed by atoms with Crippen LogP contribution in [0.2, 0.25) is 0 Å². The molecule has 6 heteroatoms. The number of hydrogen-bond acceptors (Lipinski definition) is 6. The van der Waals surface area contributed by atoms with Crippen LogP contribution in [0.1, 0.15) is 40.0 Å². The zero-order valence-corrected chi connectivity index (χ0v) is 15.3. The summed E-state index contributed by atoms with van der Waals surface area (Å²) in [7, 11) is 0. The van der Waals surface area contributed by atoms with E-state index in [1.54, 1.807) is 0 Å². The van der Waals surface area contributed by atoms with Gasteiger partial charge in [0.05, 0.1) is 6.10 Å². The van der Waals surface area contributed by atoms with Gasteiger partial charge in [-0.3, -0.25) is 0 Å². The number of carbonyl (C=O) groups excluding carboxylic acids is 1. The largest absolute Gasteiger partial charge is 0.458 e. The van der Waals surface area contributed by atoms with Crippen molar-refractivity contribution >= 4 is 5.97 Å². The standard InChI is InChI=1S/C20H24O6/c1-8(2)18-13(25-18)14-20(26-14)17(3)5-4-9-10(7-23-15(9)21)11(17)6-12-19(20,24-12)16(18)22/h8,11-14,16,22H,4-7H2,1-3H3/t11-,12?,13-,14-,16+,17-,18-,19?,20+/m0/s1. The number of esters is 1. The molecule has 2 unspecified atom stereocenters. The van der Waals surface area contributed by atoms with Crippen molar-refractivity contribution < 1.29 is 28.8 Å². The average molecular weight is 360 g/mol. The molecule has 140 valence electrons. The maximum Gasteiger partial charge on any atom is 0.334 e. The molecule has 2 spiro atoms. The van der Waals surface area contributed by atoms with Crippen molar-refractivity contribution in [1.82, 2.24) is 0 Å². The van der Waals surface area contributed by atoms with Crippen LogP contribution in [0.15, 0.2) is 11.1 Å². The summed E-state index contributed by atoms with van der Waals surface area (Å²) in [6.45, 7) is 6.91. The summed E-state index contributed by atoms with van der Waals surface area (Å²) in [6.07, 6.45) is 1.71. The first-order valence-corrected chi connectivity index (χ1v) is 9.95. The Bertz CT molecular complexity index is 819. The molecule has 1 N–H and O–H groups in total. The number of fused-ring (bicyclic) bond motifs is 4. The van der Waals surface area contributed by atoms with Gasteiger partial charge < -0.3 is 24.1 Å². The highest BCUT2D eigenvalue weighted by Gasteiger charge is 3.00. The van der Waals surface area contributed by atoms with Crippen LogP contribution in [-0.2, 0) is 23.7 Å². The number of rotatable bonds is 1. The minimum absolute atomic E-state index is 0.00808. The summed E-state index contributed by atoms with van der Waals surface area (Å²) in [6, 6.07) is 0. The van der Waals surface area contributed by atoms with Gasteiger partial charge in [0.15, 0.2) is 5.60 Å². The van der Waals surface area contributed by atoms with E-state index in [4.69, 9.17) is 18.9 Å². The minimum atomic E-state index is -0.654. The van der Waals surface area contributed by atoms with Crippen LogP contribution < -0.4 is 0 Å². The molecule has 0 amide bonds. The van der Waals surface area contributed by atoms with E-state index in [0.29, 0.717) is 6.61 Å². The van der Waals surface area contributed by atoms with Gasteiger partial charge in [0, 0.05) is 11.0 Å². The molecule has 5 fully saturated rings. The molecule has 4 heterocycles. The topological polar surface area (TPSA) is 84.1 Å². The fourth-order valence-electron chi connectivity index (χ4n) is 7.70. The molecule has 3 aliphatic carbocycles. The SMILES string of the molecule is CC(C)[C@]12O[C@H]1[C@@H]1O[C@]13C1(OC1C[C@H]1C4=C(CC[C@@]13C)C(=O)OC4)[C@@H]2O. The van der Waals surface area contributed by atoms with Gasteiger partial charge in [-0.2, -0.15) is 0 Å². The molecule has 9 atom stereocenters. The highest BCUT2D eigenvalue weighted by atomic mass is 16.7. The molecule has 0 bridgehead atoms. The maximum absolute atomic E-state index is 12.1. The van der Waals surface area contributed by atoms with Gasteiger partial charge in [-0.1, -0.05) is 20.8 Å². The van der Waals surface area contributed by atoms with E-state index in [0.717, 1.165) is 30.4 Å². The molecule has 7 rings (SSSR count). The van der Waals surface area contributed by atoms with E-state index >= 15 is 0 Å². The molecular formula is C20H24O6. The Kier molecular flexibility index (Phi) is 2.19. The van der Waals surface area contributed by atoms with E-state index in [2.05, 4.69) is 20.8 Å². The molecular weight excluding hydrogens is 336 g/mol. The smallest absolute Gasteiger partial charge is 0.334 e. The van der Waals surface area contributed by atoms with E-state index < -0.39 is 22.9 Å². The predicted octanol–water partition coefficient (Wildman–Crippen LogP) is 1.10. The number of hydrogen-bond donors (Lipinski definition) is 1. The molecule has 3 saturated heterocycles. The lowest BCUT2D eigenvalue weighted by Crippen LogP contribution is -2.69. The second-order valence-electron chi connectivity index (χ2n) is 9.91. The molecule has 0 aromatic rings. The van der Waals surface area contributed by atoms with Gasteiger partial charge in [-0.05, 0) is 36.7 Å². The lowest BCUT2D eigenvalue weighted by atomic mass is 9.46. The Morgan fingerprint density at radius 1 is 1.19 bits per heavy atom. The van der Waals surface area contributed by atoms with Crippen molar-refractivity contribution in [2.75, 3.05) is 6.61 Å². The molecule has 6 nitrogen and oxygen atoms in total. The van der Waals surface area contributed by atoms with Gasteiger partial charge in [-0.25, -0.2) is 4.79 Å². The van der Waals surface area contributed by atoms with Gasteiger partial charge >= 0.3 is 5.97 Å². The van der Waals surface area contributed by atoms with Crippen LogP contribution in [0.5, 0.6) is 0 Å². The van der Waals surface area contributed by atoms with Gasteiger partial charge in [0.1, 0.15) is 36.1 Å². The van der Waals surface area contributed by atoms with E-state index in [1.807, 2.05) is 0 Å². The third kappa shape index (κ3) is 1.14. The van der Waals surface area contributed by atoms with E-state index in [1.165, 1.54) is 0 Å². The number of epoxide rings is 3. The lowest BCUT2D eigenvalue weighted by Gasteiger charge is -2.53. The molecule has 0 radical (unpaired) electrons. The second kappa shape index (κ2) is 3.79. The summed E-state index contributed by atoms with van der Waals surface area (Å²) in [5, 5.41) is 11.4. The summed E-state index contributed by atoms with van der Waals surface area (Å²) in [4.78, 5) is 12.1. The minimum Gasteiger partial charge on any atom is -0.458 e. The average Bonchev–Trinajstić information content (AvgIpc) is 3.47. The van der Waals surface area contributed by atoms with Crippen LogP contribution in [0.3, 0.4) is 0 Å². The number of ether oxygens (including phenoxy) is 4. The number of aliphatic hydroxyl groups excluding tert-OH is 1. The van der Waals surface area contributed by atoms with Crippen molar-refractivity contribution in [3.63, 3.8) is 0 Å². The third-order valence-corrected chi connectivity index (χ3v) is 9.10. The normalized spacial score (nSPS) is 63.1. The zero-order valence-electron chi connectivity index (χ0n) is 15.3. The summed E-state index contributed by atoms with van der Waals surface area (Å²) in [5.74, 6) is 0.297. The van der Waals surface area contributed by atoms with Crippen LogP contribution in [0.4, 0.5) is 0 Å². The molecule has 7 aliphatic rings. The summed E-state index contributed by atoms with van der Waals surface area (Å²) < 4.78 is 24.3. The Hall–Kier alpha value is -0.950. The Morgan fingerprint density at radius 2 is 2.00 bits per heavy atom. The van der Waals surface area contributed by atoms with Gasteiger partial charge in [0.25, 0.3) is 0 Å². The Balaban J connectivity index is 1.39. The van der Waals surface area contributed by atoms with E-state index in [-0.39, 0.29) is 41.5 Å². The molecule has 26 heavy (non-hydrogen) atoms. The predicted molar refractivity (Wildman–Crippen MR) is 87.1 cm³/mol. The van der Waals surface area contributed by atoms with E-state index in [9.17, 15) is 9.90 Å². The maximum atomic E-state index is 12.1. The second-order valence-corrected chi connectivity index (χ2v) is 9.91. The van der Waals surface area contributed by atoms with Crippen LogP contribution in [0.25, 0.3) is 0 Å². The summed E-state index contributed by atoms with van der Waals surface area (Å²) >= 11 is 0. The fourth-order valence-corrected chi connectivity index (χ4v) is 7.70. The third-order valence-electron chi connectivity index (χ3n) is 9.10. The van der Waals surface area contributed by atoms with Gasteiger partial charge in [-0.15, -0.1) is 0 Å². The van der Waals surface area contributed by atoms with Crippen molar-refractivity contribution in [1.29, 1.82) is 0 Å². The molecule has 4 aliphatic heterocycles. The quantitative estimate of drug-likeness (QED) is 0.557. The Labute approximate surface area is 151 Å². The number of aliphatic hydroxyl groups is 1. The van der Waals surface area contributed by atoms with Crippen molar-refractivity contribution in [3.05, 3.63) is 11.1 Å². The summed E-state index contributed by atoms with van der Waals surface area (Å²) in [5.41, 5.74) is 0.230. The number of carbonyl (C=O) groups is 1. The van der Waals surface area contributed by atoms with Crippen LogP contribution in [-0.4, -0.2) is 58.9 Å². The van der Waals surface area contributed by atoms with Crippen molar-refractivity contribution in [2.45, 2.75) is 81.3 Å². The highest BCUT2D eigenvalue weighted by Crippen LogP contribution is 2.82. The lowest BCUT2D eigenvalue weighted by molar-refractivity contribution is -0.136. The van der Waals surface area contributed by atoms with Crippen LogP contribution >= 0.6 is 0 Å². The zero-order chi connectivity index (χ0) is 17.9. The monoisotopic (exact) mass is 360 g/mol. The van der Waals surface area contributed by atoms with Crippen molar-refractivity contribution in [3.8, 4) is 0 Å². The van der Waals surface area contributed by atoms with Crippen molar-refractivity contribution in [2.24, 2.45) is 17.3 Å². The first-order valence-electron chi connectivity index (χ1n) is 9.95. The first kappa shape index (κ1) is 15.0. The molecule has 0 aromatic carbocycles. The highest BCUT2D eigenvalue weighted by molar-refractivity contribution is 5.92.